The summed E-state index contributed by atoms with van der Waals surface area (Å²) in [7, 11) is 0. The number of aromatic hydroxyl groups is 1. The highest BCUT2D eigenvalue weighted by atomic mass is 16.3. The van der Waals surface area contributed by atoms with Crippen molar-refractivity contribution >= 4 is 10.9 Å². The summed E-state index contributed by atoms with van der Waals surface area (Å²) in [4.78, 5) is 4.49. The lowest BCUT2D eigenvalue weighted by Gasteiger charge is -2.14. The average molecular weight is 277 g/mol. The summed E-state index contributed by atoms with van der Waals surface area (Å²) in [6, 6.07) is 12.2. The molecule has 21 heavy (non-hydrogen) atoms. The minimum atomic E-state index is 0.236. The van der Waals surface area contributed by atoms with E-state index in [9.17, 15) is 5.11 Å². The van der Waals surface area contributed by atoms with Gasteiger partial charge < -0.3 is 5.11 Å². The second-order valence-corrected chi connectivity index (χ2v) is 5.75. The molecule has 0 amide bonds. The number of aryl methyl sites for hydroxylation is 4. The Kier molecular flexibility index (Phi) is 3.17. The van der Waals surface area contributed by atoms with Crippen LogP contribution in [0.3, 0.4) is 0 Å². The number of rotatable bonds is 1. The fourth-order valence-corrected chi connectivity index (χ4v) is 3.12. The van der Waals surface area contributed by atoms with Gasteiger partial charge in [0.2, 0.25) is 0 Å². The molecular weight excluding hydrogens is 258 g/mol. The number of aromatic nitrogens is 1. The minimum absolute atomic E-state index is 0.236. The van der Waals surface area contributed by atoms with Gasteiger partial charge in [-0.15, -0.1) is 0 Å². The van der Waals surface area contributed by atoms with Crippen LogP contribution in [0.5, 0.6) is 5.75 Å². The van der Waals surface area contributed by atoms with Crippen LogP contribution in [0.1, 0.15) is 22.4 Å². The van der Waals surface area contributed by atoms with E-state index in [-0.39, 0.29) is 5.75 Å². The fraction of sp³-hybridized carbons (Fsp3) is 0.211. The topological polar surface area (TPSA) is 33.1 Å². The Morgan fingerprint density at radius 1 is 0.857 bits per heavy atom. The maximum absolute atomic E-state index is 10.1. The standard InChI is InChI=1S/C19H19NO/c1-11-9-12(2)18(13(3)10-11)15-7-8-17(21)19-16(15)6-5-14(4)20-19/h5-10,21H,1-4H3. The normalized spacial score (nSPS) is 11.0. The highest BCUT2D eigenvalue weighted by Gasteiger charge is 2.13. The summed E-state index contributed by atoms with van der Waals surface area (Å²) < 4.78 is 0. The van der Waals surface area contributed by atoms with Crippen LogP contribution in [-0.4, -0.2) is 10.1 Å². The molecule has 1 N–H and O–H groups in total. The lowest BCUT2D eigenvalue weighted by molar-refractivity contribution is 0.480. The number of nitrogens with zero attached hydrogens (tertiary/aromatic N) is 1. The number of hydrogen-bond acceptors (Lipinski definition) is 2. The largest absolute Gasteiger partial charge is 0.506 e. The zero-order valence-corrected chi connectivity index (χ0v) is 12.9. The summed E-state index contributed by atoms with van der Waals surface area (Å²) >= 11 is 0. The molecule has 0 saturated carbocycles. The van der Waals surface area contributed by atoms with Gasteiger partial charge in [0.25, 0.3) is 0 Å². The number of phenolic OH excluding ortho intramolecular Hbond substituents is 1. The van der Waals surface area contributed by atoms with E-state index in [0.29, 0.717) is 5.52 Å². The zero-order valence-electron chi connectivity index (χ0n) is 12.9. The van der Waals surface area contributed by atoms with Crippen LogP contribution in [0.25, 0.3) is 22.0 Å². The maximum atomic E-state index is 10.1. The van der Waals surface area contributed by atoms with Crippen molar-refractivity contribution in [3.63, 3.8) is 0 Å². The van der Waals surface area contributed by atoms with Gasteiger partial charge in [-0.1, -0.05) is 23.8 Å². The van der Waals surface area contributed by atoms with Crippen LogP contribution in [0, 0.1) is 27.7 Å². The Labute approximate surface area is 125 Å². The SMILES string of the molecule is Cc1cc(C)c(-c2ccc(O)c3nc(C)ccc23)c(C)c1. The van der Waals surface area contributed by atoms with Crippen LogP contribution in [0.15, 0.2) is 36.4 Å². The highest BCUT2D eigenvalue weighted by Crippen LogP contribution is 2.36. The highest BCUT2D eigenvalue weighted by molar-refractivity contribution is 5.99. The third-order valence-electron chi connectivity index (χ3n) is 3.92. The van der Waals surface area contributed by atoms with E-state index >= 15 is 0 Å². The van der Waals surface area contributed by atoms with Crippen molar-refractivity contribution in [2.45, 2.75) is 27.7 Å². The van der Waals surface area contributed by atoms with Gasteiger partial charge >= 0.3 is 0 Å². The van der Waals surface area contributed by atoms with E-state index < -0.39 is 0 Å². The third-order valence-corrected chi connectivity index (χ3v) is 3.92. The van der Waals surface area contributed by atoms with Gasteiger partial charge in [0.15, 0.2) is 0 Å². The minimum Gasteiger partial charge on any atom is -0.506 e. The molecule has 106 valence electrons. The molecule has 2 aromatic carbocycles. The molecule has 3 aromatic rings. The molecule has 0 spiro atoms. The molecule has 0 unspecified atom stereocenters. The molecule has 0 radical (unpaired) electrons. The Morgan fingerprint density at radius 3 is 2.19 bits per heavy atom. The number of hydrogen-bond donors (Lipinski definition) is 1. The summed E-state index contributed by atoms with van der Waals surface area (Å²) in [5, 5.41) is 11.1. The van der Waals surface area contributed by atoms with Crippen molar-refractivity contribution in [2.75, 3.05) is 0 Å². The Morgan fingerprint density at radius 2 is 1.52 bits per heavy atom. The second kappa shape index (κ2) is 4.88. The number of pyridine rings is 1. The smallest absolute Gasteiger partial charge is 0.141 e. The Balaban J connectivity index is 2.39. The van der Waals surface area contributed by atoms with Gasteiger partial charge in [-0.25, -0.2) is 4.98 Å². The molecule has 2 nitrogen and oxygen atoms in total. The maximum Gasteiger partial charge on any atom is 0.141 e. The zero-order chi connectivity index (χ0) is 15.1. The van der Waals surface area contributed by atoms with Crippen molar-refractivity contribution < 1.29 is 5.11 Å². The number of phenols is 1. The molecule has 0 bridgehead atoms. The first-order chi connectivity index (χ1) is 9.97. The van der Waals surface area contributed by atoms with Crippen molar-refractivity contribution in [1.82, 2.24) is 4.98 Å². The van der Waals surface area contributed by atoms with Gasteiger partial charge in [0, 0.05) is 11.1 Å². The second-order valence-electron chi connectivity index (χ2n) is 5.75. The molecule has 1 aromatic heterocycles. The van der Waals surface area contributed by atoms with Crippen molar-refractivity contribution in [3.05, 3.63) is 58.8 Å². The predicted octanol–water partition coefficient (Wildman–Crippen LogP) is 4.84. The molecule has 3 rings (SSSR count). The van der Waals surface area contributed by atoms with E-state index in [4.69, 9.17) is 0 Å². The van der Waals surface area contributed by atoms with E-state index in [1.54, 1.807) is 6.07 Å². The quantitative estimate of drug-likeness (QED) is 0.690. The lowest BCUT2D eigenvalue weighted by atomic mass is 9.91. The number of benzene rings is 2. The molecule has 0 aliphatic heterocycles. The Hall–Kier alpha value is -2.35. The molecule has 0 aliphatic rings. The molecule has 0 fully saturated rings. The third kappa shape index (κ3) is 2.27. The van der Waals surface area contributed by atoms with E-state index in [1.807, 2.05) is 25.1 Å². The van der Waals surface area contributed by atoms with Crippen molar-refractivity contribution in [1.29, 1.82) is 0 Å². The van der Waals surface area contributed by atoms with Crippen LogP contribution in [0.4, 0.5) is 0 Å². The molecule has 0 saturated heterocycles. The van der Waals surface area contributed by atoms with Crippen molar-refractivity contribution in [2.24, 2.45) is 0 Å². The van der Waals surface area contributed by atoms with Crippen molar-refractivity contribution in [3.8, 4) is 16.9 Å². The summed E-state index contributed by atoms with van der Waals surface area (Å²) in [6.45, 7) is 8.32. The van der Waals surface area contributed by atoms with E-state index in [0.717, 1.165) is 16.6 Å². The van der Waals surface area contributed by atoms with Gasteiger partial charge in [-0.2, -0.15) is 0 Å². The monoisotopic (exact) mass is 277 g/mol. The molecule has 1 heterocycles. The first-order valence-corrected chi connectivity index (χ1v) is 7.15. The summed E-state index contributed by atoms with van der Waals surface area (Å²) in [5.74, 6) is 0.236. The number of fused-ring (bicyclic) bond motifs is 1. The molecule has 2 heteroatoms. The fourth-order valence-electron chi connectivity index (χ4n) is 3.12. The van der Waals surface area contributed by atoms with Gasteiger partial charge in [0.1, 0.15) is 11.3 Å². The van der Waals surface area contributed by atoms with Gasteiger partial charge in [0.05, 0.1) is 0 Å². The van der Waals surface area contributed by atoms with E-state index in [2.05, 4.69) is 37.9 Å². The molecule has 0 atom stereocenters. The predicted molar refractivity (Wildman–Crippen MR) is 87.8 cm³/mol. The van der Waals surface area contributed by atoms with Gasteiger partial charge in [-0.05, 0) is 68.1 Å². The summed E-state index contributed by atoms with van der Waals surface area (Å²) in [6.07, 6.45) is 0. The first kappa shape index (κ1) is 13.6. The first-order valence-electron chi connectivity index (χ1n) is 7.15. The van der Waals surface area contributed by atoms with Crippen LogP contribution < -0.4 is 0 Å². The van der Waals surface area contributed by atoms with E-state index in [1.165, 1.54) is 22.3 Å². The summed E-state index contributed by atoms with van der Waals surface area (Å²) in [5.41, 5.74) is 7.71. The molecule has 0 aliphatic carbocycles. The van der Waals surface area contributed by atoms with Crippen LogP contribution >= 0.6 is 0 Å². The molecular formula is C19H19NO. The Bertz CT molecular complexity index is 827. The lowest BCUT2D eigenvalue weighted by Crippen LogP contribution is -1.93. The van der Waals surface area contributed by atoms with Gasteiger partial charge in [-0.3, -0.25) is 0 Å². The van der Waals surface area contributed by atoms with Crippen LogP contribution in [0.2, 0.25) is 0 Å². The average Bonchev–Trinajstić information content (AvgIpc) is 2.40. The van der Waals surface area contributed by atoms with Crippen LogP contribution in [-0.2, 0) is 0 Å².